The first kappa shape index (κ1) is 23.5. The molecule has 174 valence electrons. The summed E-state index contributed by atoms with van der Waals surface area (Å²) < 4.78 is 7.37. The van der Waals surface area contributed by atoms with Gasteiger partial charge in [-0.25, -0.2) is 0 Å². The molecule has 1 saturated carbocycles. The van der Waals surface area contributed by atoms with Gasteiger partial charge in [-0.15, -0.1) is 0 Å². The highest BCUT2D eigenvalue weighted by atomic mass is 127. The van der Waals surface area contributed by atoms with Crippen LogP contribution < -0.4 is 10.1 Å². The van der Waals surface area contributed by atoms with E-state index >= 15 is 0 Å². The summed E-state index contributed by atoms with van der Waals surface area (Å²) in [5, 5.41) is 8.10. The first-order valence-corrected chi connectivity index (χ1v) is 13.1. The highest BCUT2D eigenvalue weighted by molar-refractivity contribution is 14.1. The van der Waals surface area contributed by atoms with Gasteiger partial charge in [0.1, 0.15) is 5.75 Å². The number of rotatable bonds is 6. The molecule has 7 nitrogen and oxygen atoms in total. The monoisotopic (exact) mass is 681 g/mol. The number of imide groups is 1. The molecule has 3 aliphatic rings. The minimum Gasteiger partial charge on any atom is -0.482 e. The Balaban J connectivity index is 1.23. The van der Waals surface area contributed by atoms with E-state index in [1.54, 1.807) is 0 Å². The Morgan fingerprint density at radius 2 is 1.68 bits per heavy atom. The number of hydrogen-bond acceptors (Lipinski definition) is 5. The third kappa shape index (κ3) is 4.39. The molecule has 4 atom stereocenters. The van der Waals surface area contributed by atoms with E-state index < -0.39 is 0 Å². The second-order valence-electron chi connectivity index (χ2n) is 8.75. The quantitative estimate of drug-likeness (QED) is 0.213. The Bertz CT molecular complexity index is 1190. The molecule has 0 spiro atoms. The van der Waals surface area contributed by atoms with Crippen molar-refractivity contribution in [3.8, 4) is 5.75 Å². The van der Waals surface area contributed by atoms with E-state index in [4.69, 9.17) is 4.74 Å². The maximum Gasteiger partial charge on any atom is 0.262 e. The van der Waals surface area contributed by atoms with Crippen LogP contribution in [0, 0.1) is 37.7 Å². The minimum absolute atomic E-state index is 0.122. The fourth-order valence-corrected chi connectivity index (χ4v) is 7.02. The average molecular weight is 681 g/mol. The number of benzene rings is 2. The van der Waals surface area contributed by atoms with Crippen molar-refractivity contribution in [3.63, 3.8) is 0 Å². The van der Waals surface area contributed by atoms with E-state index in [1.807, 2.05) is 43.3 Å². The van der Waals surface area contributed by atoms with Crippen molar-refractivity contribution in [1.29, 1.82) is 0 Å². The summed E-state index contributed by atoms with van der Waals surface area (Å²) in [5.41, 5.74) is 2.57. The van der Waals surface area contributed by atoms with Gasteiger partial charge in [0, 0.05) is 5.69 Å². The second-order valence-corrected chi connectivity index (χ2v) is 11.1. The van der Waals surface area contributed by atoms with E-state index in [-0.39, 0.29) is 48.0 Å². The zero-order valence-electron chi connectivity index (χ0n) is 18.2. The number of aryl methyl sites for hydroxylation is 1. The number of anilines is 1. The molecule has 5 rings (SSSR count). The molecule has 1 saturated heterocycles. The Morgan fingerprint density at radius 1 is 1.09 bits per heavy atom. The number of ether oxygens (including phenoxy) is 1. The molecular formula is C25H21I2N3O4. The van der Waals surface area contributed by atoms with Gasteiger partial charge in [0.15, 0.2) is 6.61 Å². The molecular weight excluding hydrogens is 660 g/mol. The Morgan fingerprint density at radius 3 is 2.26 bits per heavy atom. The highest BCUT2D eigenvalue weighted by Crippen LogP contribution is 2.52. The smallest absolute Gasteiger partial charge is 0.262 e. The first-order valence-electron chi connectivity index (χ1n) is 10.9. The second kappa shape index (κ2) is 9.40. The number of carbonyl (C=O) groups is 3. The Hall–Kier alpha value is -2.28. The molecule has 1 heterocycles. The number of nitrogens with one attached hydrogen (secondary N) is 1. The molecule has 2 fully saturated rings. The van der Waals surface area contributed by atoms with Crippen LogP contribution >= 0.6 is 45.2 Å². The largest absolute Gasteiger partial charge is 0.482 e. The molecule has 0 radical (unpaired) electrons. The fourth-order valence-electron chi connectivity index (χ4n) is 4.89. The van der Waals surface area contributed by atoms with Crippen LogP contribution in [-0.4, -0.2) is 35.6 Å². The molecule has 0 unspecified atom stereocenters. The van der Waals surface area contributed by atoms with E-state index in [1.165, 1.54) is 6.21 Å². The lowest BCUT2D eigenvalue weighted by Gasteiger charge is -2.13. The lowest BCUT2D eigenvalue weighted by atomic mass is 9.85. The summed E-state index contributed by atoms with van der Waals surface area (Å²) in [6.45, 7) is 1.86. The lowest BCUT2D eigenvalue weighted by Crippen LogP contribution is -2.28. The van der Waals surface area contributed by atoms with Gasteiger partial charge in [-0.2, -0.15) is 10.1 Å². The van der Waals surface area contributed by atoms with Gasteiger partial charge in [0.2, 0.25) is 0 Å². The van der Waals surface area contributed by atoms with Crippen molar-refractivity contribution < 1.29 is 19.1 Å². The third-order valence-corrected chi connectivity index (χ3v) is 8.08. The summed E-state index contributed by atoms with van der Waals surface area (Å²) >= 11 is 4.28. The average Bonchev–Trinajstić information content (AvgIpc) is 3.47. The van der Waals surface area contributed by atoms with Gasteiger partial charge >= 0.3 is 0 Å². The van der Waals surface area contributed by atoms with Gasteiger partial charge in [0.05, 0.1) is 25.2 Å². The van der Waals surface area contributed by atoms with E-state index in [9.17, 15) is 14.4 Å². The predicted octanol–water partition coefficient (Wildman–Crippen LogP) is 4.36. The molecule has 1 aliphatic heterocycles. The predicted molar refractivity (Wildman–Crippen MR) is 144 cm³/mol. The summed E-state index contributed by atoms with van der Waals surface area (Å²) in [7, 11) is 0. The van der Waals surface area contributed by atoms with Crippen molar-refractivity contribution in [3.05, 3.63) is 66.8 Å². The number of amides is 3. The number of hydrazone groups is 1. The summed E-state index contributed by atoms with van der Waals surface area (Å²) in [6.07, 6.45) is 6.55. The molecule has 2 aromatic carbocycles. The Labute approximate surface area is 224 Å². The number of nitrogens with zero attached hydrogens (tertiary/aromatic N) is 2. The number of allylic oxidation sites excluding steroid dienone is 2. The van der Waals surface area contributed by atoms with E-state index in [0.29, 0.717) is 11.4 Å². The van der Waals surface area contributed by atoms with Crippen LogP contribution in [0.2, 0.25) is 0 Å². The van der Waals surface area contributed by atoms with Crippen molar-refractivity contribution in [2.24, 2.45) is 28.8 Å². The van der Waals surface area contributed by atoms with Gasteiger partial charge in [-0.05, 0) is 100 Å². The molecule has 2 aliphatic carbocycles. The SMILES string of the molecule is Cc1ccc(NC(=O)COc2c(I)cc(C=NN3C(=O)[C@@H]4[C@H](C3=O)[C@H]3C=C[C@H]4C3)cc2I)cc1. The minimum atomic E-state index is -0.262. The number of halogens is 2. The van der Waals surface area contributed by atoms with Crippen LogP contribution in [0.15, 0.2) is 53.7 Å². The maximum atomic E-state index is 12.8. The van der Waals surface area contributed by atoms with Crippen LogP contribution in [0.4, 0.5) is 5.69 Å². The normalized spacial score (nSPS) is 24.9. The molecule has 9 heteroatoms. The van der Waals surface area contributed by atoms with Crippen LogP contribution in [0.3, 0.4) is 0 Å². The zero-order chi connectivity index (χ0) is 24.0. The molecule has 3 amide bonds. The van der Waals surface area contributed by atoms with Gasteiger partial charge in [-0.1, -0.05) is 29.8 Å². The molecule has 2 bridgehead atoms. The fraction of sp³-hybridized carbons (Fsp3) is 0.280. The van der Waals surface area contributed by atoms with Gasteiger partial charge in [-0.3, -0.25) is 14.4 Å². The summed E-state index contributed by atoms with van der Waals surface area (Å²) in [5.74, 6) is -0.256. The van der Waals surface area contributed by atoms with Gasteiger partial charge in [0.25, 0.3) is 17.7 Å². The summed E-state index contributed by atoms with van der Waals surface area (Å²) in [4.78, 5) is 37.8. The third-order valence-electron chi connectivity index (χ3n) is 6.47. The zero-order valence-corrected chi connectivity index (χ0v) is 22.5. The molecule has 34 heavy (non-hydrogen) atoms. The van der Waals surface area contributed by atoms with Gasteiger partial charge < -0.3 is 10.1 Å². The topological polar surface area (TPSA) is 88.1 Å². The molecule has 1 N–H and O–H groups in total. The maximum absolute atomic E-state index is 12.8. The van der Waals surface area contributed by atoms with Crippen LogP contribution in [0.5, 0.6) is 5.75 Å². The van der Waals surface area contributed by atoms with Crippen molar-refractivity contribution in [2.75, 3.05) is 11.9 Å². The number of fused-ring (bicyclic) bond motifs is 5. The van der Waals surface area contributed by atoms with Crippen molar-refractivity contribution >= 4 is 74.8 Å². The van der Waals surface area contributed by atoms with Crippen LogP contribution in [0.1, 0.15) is 17.5 Å². The molecule has 0 aromatic heterocycles. The summed E-state index contributed by atoms with van der Waals surface area (Å²) in [6, 6.07) is 11.2. The van der Waals surface area contributed by atoms with Crippen LogP contribution in [-0.2, 0) is 14.4 Å². The standard InChI is InChI=1S/C25H21I2N3O4/c1-13-2-6-17(7-3-13)29-20(31)12-34-23-18(26)8-14(9-19(23)27)11-28-30-24(32)21-15-4-5-16(10-15)22(21)25(30)33/h2-9,11,15-16,21-22H,10,12H2,1H3,(H,29,31)/t15-,16-,21-,22+/m0/s1. The molecule has 2 aromatic rings. The first-order chi connectivity index (χ1) is 16.3. The highest BCUT2D eigenvalue weighted by Gasteiger charge is 2.59. The van der Waals surface area contributed by atoms with E-state index in [2.05, 4.69) is 67.8 Å². The van der Waals surface area contributed by atoms with Crippen molar-refractivity contribution in [2.45, 2.75) is 13.3 Å². The number of carbonyl (C=O) groups excluding carboxylic acids is 3. The number of hydrogen-bond donors (Lipinski definition) is 1. The van der Waals surface area contributed by atoms with Crippen LogP contribution in [0.25, 0.3) is 0 Å². The van der Waals surface area contributed by atoms with E-state index in [0.717, 1.165) is 29.7 Å². The Kier molecular flexibility index (Phi) is 6.49. The van der Waals surface area contributed by atoms with Crippen molar-refractivity contribution in [1.82, 2.24) is 5.01 Å². The lowest BCUT2D eigenvalue weighted by molar-refractivity contribution is -0.140.